The number of aryl methyl sites for hydroxylation is 1. The quantitative estimate of drug-likeness (QED) is 0.801. The third-order valence-corrected chi connectivity index (χ3v) is 3.67. The Morgan fingerprint density at radius 3 is 3.21 bits per heavy atom. The molecule has 1 aromatic heterocycles. The maximum absolute atomic E-state index is 11.7. The van der Waals surface area contributed by atoms with Gasteiger partial charge in [-0.25, -0.2) is 0 Å². The SMILES string of the molecule is Cn1cc(CCNC(=O)CCC2CCCNC2)cn1. The maximum Gasteiger partial charge on any atom is 0.220 e. The third-order valence-electron chi connectivity index (χ3n) is 3.67. The smallest absolute Gasteiger partial charge is 0.220 e. The Morgan fingerprint density at radius 1 is 1.63 bits per heavy atom. The summed E-state index contributed by atoms with van der Waals surface area (Å²) in [5.74, 6) is 0.854. The second kappa shape index (κ2) is 7.28. The summed E-state index contributed by atoms with van der Waals surface area (Å²) in [6, 6.07) is 0. The number of aromatic nitrogens is 2. The summed E-state index contributed by atoms with van der Waals surface area (Å²) < 4.78 is 1.78. The summed E-state index contributed by atoms with van der Waals surface area (Å²) in [6.07, 6.45) is 8.85. The predicted molar refractivity (Wildman–Crippen MR) is 74.7 cm³/mol. The molecular formula is C14H24N4O. The molecule has 1 aromatic rings. The Hall–Kier alpha value is -1.36. The maximum atomic E-state index is 11.7. The fraction of sp³-hybridized carbons (Fsp3) is 0.714. The number of hydrogen-bond donors (Lipinski definition) is 2. The van der Waals surface area contributed by atoms with Gasteiger partial charge in [-0.15, -0.1) is 0 Å². The fourth-order valence-corrected chi connectivity index (χ4v) is 2.54. The highest BCUT2D eigenvalue weighted by molar-refractivity contribution is 5.75. The molecule has 0 radical (unpaired) electrons. The lowest BCUT2D eigenvalue weighted by molar-refractivity contribution is -0.121. The molecule has 106 valence electrons. The van der Waals surface area contributed by atoms with Crippen molar-refractivity contribution in [3.63, 3.8) is 0 Å². The highest BCUT2D eigenvalue weighted by Gasteiger charge is 2.14. The molecule has 2 heterocycles. The van der Waals surface area contributed by atoms with Gasteiger partial charge in [-0.2, -0.15) is 5.10 Å². The van der Waals surface area contributed by atoms with E-state index in [0.717, 1.165) is 25.9 Å². The van der Waals surface area contributed by atoms with Gasteiger partial charge in [0, 0.05) is 26.2 Å². The molecule has 0 spiro atoms. The molecule has 0 aromatic carbocycles. The number of nitrogens with one attached hydrogen (secondary N) is 2. The summed E-state index contributed by atoms with van der Waals surface area (Å²) in [7, 11) is 1.90. The van der Waals surface area contributed by atoms with Crippen molar-refractivity contribution in [2.45, 2.75) is 32.1 Å². The van der Waals surface area contributed by atoms with E-state index >= 15 is 0 Å². The molecule has 0 saturated carbocycles. The lowest BCUT2D eigenvalue weighted by Gasteiger charge is -2.22. The van der Waals surface area contributed by atoms with Gasteiger partial charge >= 0.3 is 0 Å². The van der Waals surface area contributed by atoms with E-state index in [4.69, 9.17) is 0 Å². The van der Waals surface area contributed by atoms with Crippen molar-refractivity contribution in [2.75, 3.05) is 19.6 Å². The largest absolute Gasteiger partial charge is 0.356 e. The molecule has 5 nitrogen and oxygen atoms in total. The lowest BCUT2D eigenvalue weighted by atomic mass is 9.94. The number of rotatable bonds is 6. The fourth-order valence-electron chi connectivity index (χ4n) is 2.54. The van der Waals surface area contributed by atoms with E-state index in [1.54, 1.807) is 4.68 Å². The topological polar surface area (TPSA) is 59.0 Å². The molecule has 19 heavy (non-hydrogen) atoms. The zero-order valence-electron chi connectivity index (χ0n) is 11.7. The first-order valence-corrected chi connectivity index (χ1v) is 7.19. The van der Waals surface area contributed by atoms with Crippen LogP contribution in [0.1, 0.15) is 31.2 Å². The summed E-state index contributed by atoms with van der Waals surface area (Å²) in [6.45, 7) is 2.91. The van der Waals surface area contributed by atoms with Crippen molar-refractivity contribution in [3.05, 3.63) is 18.0 Å². The standard InChI is InChI=1S/C14H24N4O/c1-18-11-13(10-17-18)6-8-16-14(19)5-4-12-3-2-7-15-9-12/h10-12,15H,2-9H2,1H3,(H,16,19). The minimum Gasteiger partial charge on any atom is -0.356 e. The molecule has 1 saturated heterocycles. The predicted octanol–water partition coefficient (Wildman–Crippen LogP) is 0.859. The van der Waals surface area contributed by atoms with Gasteiger partial charge in [-0.1, -0.05) is 0 Å². The van der Waals surface area contributed by atoms with Crippen LogP contribution in [-0.4, -0.2) is 35.3 Å². The monoisotopic (exact) mass is 264 g/mol. The van der Waals surface area contributed by atoms with Crippen LogP contribution in [0.2, 0.25) is 0 Å². The van der Waals surface area contributed by atoms with Gasteiger partial charge in [0.1, 0.15) is 0 Å². The molecule has 0 bridgehead atoms. The number of carbonyl (C=O) groups is 1. The van der Waals surface area contributed by atoms with Gasteiger partial charge in [0.05, 0.1) is 6.20 Å². The summed E-state index contributed by atoms with van der Waals surface area (Å²) >= 11 is 0. The first-order chi connectivity index (χ1) is 9.24. The van der Waals surface area contributed by atoms with E-state index in [2.05, 4.69) is 15.7 Å². The van der Waals surface area contributed by atoms with Crippen LogP contribution in [0.15, 0.2) is 12.4 Å². The minimum absolute atomic E-state index is 0.175. The molecule has 1 atom stereocenters. The number of nitrogens with zero attached hydrogens (tertiary/aromatic N) is 2. The van der Waals surface area contributed by atoms with Gasteiger partial charge < -0.3 is 10.6 Å². The Balaban J connectivity index is 1.56. The van der Waals surface area contributed by atoms with Crippen molar-refractivity contribution >= 4 is 5.91 Å². The van der Waals surface area contributed by atoms with Gasteiger partial charge in [-0.05, 0) is 50.3 Å². The minimum atomic E-state index is 0.175. The number of hydrogen-bond acceptors (Lipinski definition) is 3. The Kier molecular flexibility index (Phi) is 5.39. The molecule has 2 N–H and O–H groups in total. The van der Waals surface area contributed by atoms with E-state index in [1.807, 2.05) is 19.4 Å². The van der Waals surface area contributed by atoms with Crippen LogP contribution in [0, 0.1) is 5.92 Å². The summed E-state index contributed by atoms with van der Waals surface area (Å²) in [5, 5.41) is 10.5. The molecule has 1 aliphatic heterocycles. The van der Waals surface area contributed by atoms with Gasteiger partial charge in [0.2, 0.25) is 5.91 Å². The third kappa shape index (κ3) is 5.03. The van der Waals surface area contributed by atoms with E-state index in [9.17, 15) is 4.79 Å². The van der Waals surface area contributed by atoms with Crippen molar-refractivity contribution < 1.29 is 4.79 Å². The van der Waals surface area contributed by atoms with Crippen molar-refractivity contribution in [2.24, 2.45) is 13.0 Å². The number of carbonyl (C=O) groups excluding carboxylic acids is 1. The van der Waals surface area contributed by atoms with Crippen LogP contribution < -0.4 is 10.6 Å². The molecule has 5 heteroatoms. The Morgan fingerprint density at radius 2 is 2.53 bits per heavy atom. The number of piperidine rings is 1. The number of amides is 1. The molecule has 1 unspecified atom stereocenters. The lowest BCUT2D eigenvalue weighted by Crippen LogP contribution is -2.31. The summed E-state index contributed by atoms with van der Waals surface area (Å²) in [4.78, 5) is 11.7. The highest BCUT2D eigenvalue weighted by Crippen LogP contribution is 2.15. The van der Waals surface area contributed by atoms with Crippen molar-refractivity contribution in [1.82, 2.24) is 20.4 Å². The van der Waals surface area contributed by atoms with Gasteiger partial charge in [0.15, 0.2) is 0 Å². The molecule has 0 aliphatic carbocycles. The van der Waals surface area contributed by atoms with Crippen LogP contribution in [-0.2, 0) is 18.3 Å². The molecule has 1 amide bonds. The van der Waals surface area contributed by atoms with Crippen LogP contribution in [0.3, 0.4) is 0 Å². The van der Waals surface area contributed by atoms with E-state index in [1.165, 1.54) is 18.4 Å². The van der Waals surface area contributed by atoms with Crippen molar-refractivity contribution in [3.8, 4) is 0 Å². The van der Waals surface area contributed by atoms with Crippen LogP contribution in [0.25, 0.3) is 0 Å². The van der Waals surface area contributed by atoms with Crippen LogP contribution >= 0.6 is 0 Å². The first-order valence-electron chi connectivity index (χ1n) is 7.19. The second-order valence-electron chi connectivity index (χ2n) is 5.37. The van der Waals surface area contributed by atoms with Gasteiger partial charge in [0.25, 0.3) is 0 Å². The Labute approximate surface area is 114 Å². The average molecular weight is 264 g/mol. The zero-order valence-corrected chi connectivity index (χ0v) is 11.7. The molecular weight excluding hydrogens is 240 g/mol. The normalized spacial score (nSPS) is 19.3. The van der Waals surface area contributed by atoms with Crippen LogP contribution in [0.5, 0.6) is 0 Å². The summed E-state index contributed by atoms with van der Waals surface area (Å²) in [5.41, 5.74) is 1.17. The van der Waals surface area contributed by atoms with Crippen LogP contribution in [0.4, 0.5) is 0 Å². The van der Waals surface area contributed by atoms with E-state index < -0.39 is 0 Å². The van der Waals surface area contributed by atoms with Crippen molar-refractivity contribution in [1.29, 1.82) is 0 Å². The highest BCUT2D eigenvalue weighted by atomic mass is 16.1. The second-order valence-corrected chi connectivity index (χ2v) is 5.37. The first kappa shape index (κ1) is 14.1. The van der Waals surface area contributed by atoms with Gasteiger partial charge in [-0.3, -0.25) is 9.48 Å². The molecule has 2 rings (SSSR count). The van der Waals surface area contributed by atoms with E-state index in [-0.39, 0.29) is 5.91 Å². The van der Waals surface area contributed by atoms with E-state index in [0.29, 0.717) is 18.9 Å². The zero-order chi connectivity index (χ0) is 13.5. The average Bonchev–Trinajstić information content (AvgIpc) is 2.83. The molecule has 1 fully saturated rings. The molecule has 1 aliphatic rings. The Bertz CT molecular complexity index is 396.